The number of aromatic nitrogens is 2. The molecule has 0 aliphatic rings. The van der Waals surface area contributed by atoms with Crippen LogP contribution in [0.15, 0.2) is 121 Å². The van der Waals surface area contributed by atoms with Crippen LogP contribution >= 0.6 is 0 Å². The summed E-state index contributed by atoms with van der Waals surface area (Å²) in [5.74, 6) is 0. The van der Waals surface area contributed by atoms with Crippen molar-refractivity contribution in [1.29, 1.82) is 0 Å². The zero-order chi connectivity index (χ0) is 33.1. The van der Waals surface area contributed by atoms with E-state index in [-0.39, 0.29) is 6.17 Å². The molecule has 0 bridgehead atoms. The Kier molecular flexibility index (Phi) is 11.4. The summed E-state index contributed by atoms with van der Waals surface area (Å²) in [7, 11) is 0. The van der Waals surface area contributed by atoms with E-state index in [1.165, 1.54) is 101 Å². The van der Waals surface area contributed by atoms with Gasteiger partial charge in [-0.15, -0.1) is 0 Å². The summed E-state index contributed by atoms with van der Waals surface area (Å²) in [5, 5.41) is 10.5. The van der Waals surface area contributed by atoms with Gasteiger partial charge in [0.25, 0.3) is 0 Å². The first kappa shape index (κ1) is 33.2. The lowest BCUT2D eigenvalue weighted by atomic mass is 10.1. The molecule has 4 aromatic carbocycles. The summed E-state index contributed by atoms with van der Waals surface area (Å²) in [5.41, 5.74) is 9.99. The number of nitrogens with one attached hydrogen (secondary N) is 2. The van der Waals surface area contributed by atoms with Crippen molar-refractivity contribution < 1.29 is 9.13 Å². The highest BCUT2D eigenvalue weighted by Gasteiger charge is 2.22. The van der Waals surface area contributed by atoms with Crippen LogP contribution in [-0.4, -0.2) is 6.17 Å². The minimum absolute atomic E-state index is 0.0844. The Balaban J connectivity index is 1.31. The van der Waals surface area contributed by atoms with Crippen molar-refractivity contribution in [1.82, 2.24) is 0 Å². The first-order valence-electron chi connectivity index (χ1n) is 18.1. The standard InChI is InChI=1S/C44H50N4/c1-4-5-6-7-8-9-16-29-44(45-40-30-34(2)47(32-36-21-12-10-13-22-36)42-27-19-17-25-38(40)42)46-41-31-35(3)48(33-37-23-14-11-15-24-37)43-28-20-18-26-39(41)43/h10-15,17-28,30-31,44H,4-9,16,29,32-33H2,1-3H3/p+2. The van der Waals surface area contributed by atoms with Crippen LogP contribution in [0.3, 0.4) is 0 Å². The normalized spacial score (nSPS) is 11.4. The molecular weight excluding hydrogens is 585 g/mol. The van der Waals surface area contributed by atoms with Crippen LogP contribution in [-0.2, 0) is 13.1 Å². The molecule has 0 amide bonds. The van der Waals surface area contributed by atoms with Gasteiger partial charge < -0.3 is 10.6 Å². The first-order valence-corrected chi connectivity index (χ1v) is 18.1. The Hall–Kier alpha value is -4.70. The maximum atomic E-state index is 4.02. The molecule has 246 valence electrons. The number of hydrogen-bond donors (Lipinski definition) is 2. The number of para-hydroxylation sites is 2. The number of aryl methyl sites for hydroxylation is 2. The molecule has 2 aromatic heterocycles. The second kappa shape index (κ2) is 16.4. The SMILES string of the molecule is CCCCCCCCCC(Nc1cc(C)[n+](Cc2ccccc2)c2ccccc12)Nc1cc(C)[n+](Cc2ccccc2)c2ccccc12. The van der Waals surface area contributed by atoms with E-state index in [0.717, 1.165) is 19.5 Å². The fourth-order valence-electron chi connectivity index (χ4n) is 7.03. The van der Waals surface area contributed by atoms with Gasteiger partial charge in [0, 0.05) is 49.2 Å². The number of unbranched alkanes of at least 4 members (excludes halogenated alkanes) is 6. The monoisotopic (exact) mass is 636 g/mol. The molecule has 6 rings (SSSR count). The van der Waals surface area contributed by atoms with Crippen molar-refractivity contribution in [2.24, 2.45) is 0 Å². The number of rotatable bonds is 16. The van der Waals surface area contributed by atoms with Crippen molar-refractivity contribution in [2.75, 3.05) is 10.6 Å². The molecular formula is C44H52N4+2. The van der Waals surface area contributed by atoms with Crippen molar-refractivity contribution in [3.63, 3.8) is 0 Å². The van der Waals surface area contributed by atoms with Crippen LogP contribution in [0.1, 0.15) is 80.8 Å². The van der Waals surface area contributed by atoms with Gasteiger partial charge in [-0.25, -0.2) is 0 Å². The Morgan fingerprint density at radius 1 is 0.500 bits per heavy atom. The third kappa shape index (κ3) is 8.23. The van der Waals surface area contributed by atoms with Crippen LogP contribution in [0.2, 0.25) is 0 Å². The zero-order valence-electron chi connectivity index (χ0n) is 29.1. The molecule has 0 unspecified atom stereocenters. The van der Waals surface area contributed by atoms with Crippen molar-refractivity contribution in [2.45, 2.75) is 91.4 Å². The van der Waals surface area contributed by atoms with E-state index in [2.05, 4.69) is 162 Å². The van der Waals surface area contributed by atoms with Gasteiger partial charge in [-0.3, -0.25) is 0 Å². The van der Waals surface area contributed by atoms with Gasteiger partial charge >= 0.3 is 0 Å². The summed E-state index contributed by atoms with van der Waals surface area (Å²) in [6.45, 7) is 8.47. The molecule has 4 heteroatoms. The van der Waals surface area contributed by atoms with Gasteiger partial charge in [0.15, 0.2) is 24.5 Å². The van der Waals surface area contributed by atoms with Crippen LogP contribution in [0.5, 0.6) is 0 Å². The quantitative estimate of drug-likeness (QED) is 0.0629. The fourth-order valence-corrected chi connectivity index (χ4v) is 7.03. The van der Waals surface area contributed by atoms with E-state index in [9.17, 15) is 0 Å². The number of benzene rings is 4. The molecule has 0 saturated heterocycles. The van der Waals surface area contributed by atoms with Gasteiger partial charge in [-0.2, -0.15) is 9.13 Å². The van der Waals surface area contributed by atoms with E-state index in [4.69, 9.17) is 0 Å². The maximum absolute atomic E-state index is 4.02. The number of anilines is 2. The fraction of sp³-hybridized carbons (Fsp3) is 0.318. The lowest BCUT2D eigenvalue weighted by Crippen LogP contribution is -2.40. The highest BCUT2D eigenvalue weighted by Crippen LogP contribution is 2.28. The minimum atomic E-state index is 0.0844. The summed E-state index contributed by atoms with van der Waals surface area (Å²) in [6, 6.07) is 43.9. The second-order valence-electron chi connectivity index (χ2n) is 13.3. The van der Waals surface area contributed by atoms with Gasteiger partial charge in [0.05, 0.1) is 28.3 Å². The number of hydrogen-bond acceptors (Lipinski definition) is 2. The highest BCUT2D eigenvalue weighted by molar-refractivity contribution is 5.91. The van der Waals surface area contributed by atoms with Crippen molar-refractivity contribution >= 4 is 33.2 Å². The minimum Gasteiger partial charge on any atom is -0.364 e. The molecule has 2 N–H and O–H groups in total. The molecule has 2 heterocycles. The van der Waals surface area contributed by atoms with E-state index < -0.39 is 0 Å². The first-order chi connectivity index (χ1) is 23.6. The topological polar surface area (TPSA) is 31.8 Å². The van der Waals surface area contributed by atoms with E-state index in [1.807, 2.05) is 0 Å². The van der Waals surface area contributed by atoms with Crippen LogP contribution in [0, 0.1) is 13.8 Å². The van der Waals surface area contributed by atoms with Crippen molar-refractivity contribution in [3.05, 3.63) is 144 Å². The molecule has 0 fully saturated rings. The van der Waals surface area contributed by atoms with E-state index in [1.54, 1.807) is 0 Å². The molecule has 0 spiro atoms. The molecule has 0 aliphatic carbocycles. The summed E-state index contributed by atoms with van der Waals surface area (Å²) < 4.78 is 4.88. The zero-order valence-corrected chi connectivity index (χ0v) is 29.1. The molecule has 0 radical (unpaired) electrons. The van der Waals surface area contributed by atoms with Crippen molar-refractivity contribution in [3.8, 4) is 0 Å². The van der Waals surface area contributed by atoms with Gasteiger partial charge in [-0.05, 0) is 25.0 Å². The summed E-state index contributed by atoms with van der Waals surface area (Å²) in [6.07, 6.45) is 10.2. The van der Waals surface area contributed by atoms with Crippen LogP contribution < -0.4 is 19.8 Å². The Morgan fingerprint density at radius 3 is 1.40 bits per heavy atom. The van der Waals surface area contributed by atoms with E-state index >= 15 is 0 Å². The van der Waals surface area contributed by atoms with Gasteiger partial charge in [0.2, 0.25) is 11.0 Å². The summed E-state index contributed by atoms with van der Waals surface area (Å²) >= 11 is 0. The smallest absolute Gasteiger partial charge is 0.215 e. The lowest BCUT2D eigenvalue weighted by Gasteiger charge is -2.24. The van der Waals surface area contributed by atoms with Crippen LogP contribution in [0.25, 0.3) is 21.8 Å². The Labute approximate surface area is 287 Å². The molecule has 6 aromatic rings. The Bertz CT molecular complexity index is 1780. The average molecular weight is 637 g/mol. The average Bonchev–Trinajstić information content (AvgIpc) is 3.12. The van der Waals surface area contributed by atoms with Crippen LogP contribution in [0.4, 0.5) is 11.4 Å². The van der Waals surface area contributed by atoms with Gasteiger partial charge in [-0.1, -0.05) is 130 Å². The predicted molar refractivity (Wildman–Crippen MR) is 202 cm³/mol. The Morgan fingerprint density at radius 2 is 0.917 bits per heavy atom. The summed E-state index contributed by atoms with van der Waals surface area (Å²) in [4.78, 5) is 0. The van der Waals surface area contributed by atoms with Gasteiger partial charge in [0.1, 0.15) is 0 Å². The third-order valence-corrected chi connectivity index (χ3v) is 9.65. The molecule has 0 saturated carbocycles. The third-order valence-electron chi connectivity index (χ3n) is 9.65. The largest absolute Gasteiger partial charge is 0.364 e. The molecule has 4 nitrogen and oxygen atoms in total. The number of nitrogens with zero attached hydrogens (tertiary/aromatic N) is 2. The second-order valence-corrected chi connectivity index (χ2v) is 13.3. The lowest BCUT2D eigenvalue weighted by molar-refractivity contribution is -0.668. The number of pyridine rings is 2. The molecule has 48 heavy (non-hydrogen) atoms. The number of fused-ring (bicyclic) bond motifs is 2. The highest BCUT2D eigenvalue weighted by atomic mass is 15.1. The molecule has 0 aliphatic heterocycles. The molecule has 0 atom stereocenters. The predicted octanol–water partition coefficient (Wildman–Crippen LogP) is 10.3. The maximum Gasteiger partial charge on any atom is 0.215 e. The van der Waals surface area contributed by atoms with E-state index in [0.29, 0.717) is 0 Å².